The van der Waals surface area contributed by atoms with Crippen molar-refractivity contribution in [2.45, 2.75) is 6.29 Å². The van der Waals surface area contributed by atoms with E-state index in [0.717, 1.165) is 13.1 Å². The van der Waals surface area contributed by atoms with Crippen LogP contribution in [0.1, 0.15) is 0 Å². The first-order valence-corrected chi connectivity index (χ1v) is 4.32. The fourth-order valence-corrected chi connectivity index (χ4v) is 1.07. The van der Waals surface area contributed by atoms with Crippen LogP contribution in [-0.2, 0) is 14.3 Å². The molecule has 0 aromatic rings. The van der Waals surface area contributed by atoms with Crippen LogP contribution in [0.3, 0.4) is 0 Å². The predicted octanol–water partition coefficient (Wildman–Crippen LogP) is -1.06. The van der Waals surface area contributed by atoms with Gasteiger partial charge in [-0.3, -0.25) is 4.79 Å². The van der Waals surface area contributed by atoms with Gasteiger partial charge in [0.25, 0.3) is 0 Å². The first kappa shape index (κ1) is 10.4. The molecule has 1 fully saturated rings. The number of methoxy groups -OCH3 is 2. The molecule has 0 atom stereocenters. The summed E-state index contributed by atoms with van der Waals surface area (Å²) in [6, 6.07) is 0. The molecule has 0 radical (unpaired) electrons. The third kappa shape index (κ3) is 2.95. The fourth-order valence-electron chi connectivity index (χ4n) is 1.07. The number of ether oxygens (including phenoxy) is 2. The van der Waals surface area contributed by atoms with Gasteiger partial charge in [0.05, 0.1) is 12.5 Å². The number of rotatable bonds is 5. The first-order chi connectivity index (χ1) is 6.27. The lowest BCUT2D eigenvalue weighted by molar-refractivity contribution is -0.132. The third-order valence-electron chi connectivity index (χ3n) is 2.12. The summed E-state index contributed by atoms with van der Waals surface area (Å²) >= 11 is 0. The van der Waals surface area contributed by atoms with Crippen molar-refractivity contribution in [3.63, 3.8) is 0 Å². The number of hydrogen-bond acceptors (Lipinski definition) is 4. The molecule has 13 heavy (non-hydrogen) atoms. The molecule has 0 aromatic heterocycles. The fraction of sp³-hybridized carbons (Fsp3) is 0.875. The zero-order valence-electron chi connectivity index (χ0n) is 8.00. The highest BCUT2D eigenvalue weighted by Gasteiger charge is 2.24. The maximum absolute atomic E-state index is 11.3. The van der Waals surface area contributed by atoms with Crippen molar-refractivity contribution in [1.29, 1.82) is 0 Å². The highest BCUT2D eigenvalue weighted by molar-refractivity contribution is 5.79. The van der Waals surface area contributed by atoms with Gasteiger partial charge < -0.3 is 20.1 Å². The van der Waals surface area contributed by atoms with Crippen LogP contribution in [0.25, 0.3) is 0 Å². The molecule has 0 saturated carbocycles. The molecule has 1 aliphatic rings. The standard InChI is InChI=1S/C8H16N2O3/c1-12-7(13-2)5-10-8(11)6-3-9-4-6/h6-7,9H,3-5H2,1-2H3,(H,10,11). The van der Waals surface area contributed by atoms with Gasteiger partial charge in [-0.2, -0.15) is 0 Å². The Bertz CT molecular complexity index is 167. The summed E-state index contributed by atoms with van der Waals surface area (Å²) in [5.74, 6) is 0.187. The summed E-state index contributed by atoms with van der Waals surface area (Å²) < 4.78 is 9.86. The Kier molecular flexibility index (Phi) is 4.14. The van der Waals surface area contributed by atoms with Gasteiger partial charge in [0.15, 0.2) is 6.29 Å². The normalized spacial score (nSPS) is 17.2. The van der Waals surface area contributed by atoms with Crippen LogP contribution in [0.2, 0.25) is 0 Å². The predicted molar refractivity (Wildman–Crippen MR) is 47.2 cm³/mol. The van der Waals surface area contributed by atoms with Crippen molar-refractivity contribution in [3.05, 3.63) is 0 Å². The van der Waals surface area contributed by atoms with Gasteiger partial charge in [0.1, 0.15) is 0 Å². The van der Waals surface area contributed by atoms with E-state index in [4.69, 9.17) is 9.47 Å². The molecular weight excluding hydrogens is 172 g/mol. The molecule has 1 aliphatic heterocycles. The molecule has 0 aliphatic carbocycles. The van der Waals surface area contributed by atoms with Crippen LogP contribution >= 0.6 is 0 Å². The average molecular weight is 188 g/mol. The summed E-state index contributed by atoms with van der Waals surface area (Å²) in [7, 11) is 3.09. The van der Waals surface area contributed by atoms with Gasteiger partial charge >= 0.3 is 0 Å². The lowest BCUT2D eigenvalue weighted by Crippen LogP contribution is -2.51. The van der Waals surface area contributed by atoms with Gasteiger partial charge in [0, 0.05) is 27.3 Å². The molecule has 0 spiro atoms. The minimum absolute atomic E-state index is 0.0675. The SMILES string of the molecule is COC(CNC(=O)C1CNC1)OC. The van der Waals surface area contributed by atoms with E-state index in [1.165, 1.54) is 0 Å². The topological polar surface area (TPSA) is 59.6 Å². The lowest BCUT2D eigenvalue weighted by Gasteiger charge is -2.26. The second kappa shape index (κ2) is 5.16. The van der Waals surface area contributed by atoms with Crippen LogP contribution in [0.4, 0.5) is 0 Å². The molecule has 1 saturated heterocycles. The molecule has 1 amide bonds. The largest absolute Gasteiger partial charge is 0.354 e. The molecule has 1 heterocycles. The smallest absolute Gasteiger partial charge is 0.225 e. The summed E-state index contributed by atoms with van der Waals surface area (Å²) in [5.41, 5.74) is 0. The summed E-state index contributed by atoms with van der Waals surface area (Å²) in [6.07, 6.45) is -0.350. The lowest BCUT2D eigenvalue weighted by atomic mass is 10.0. The molecule has 0 bridgehead atoms. The molecular formula is C8H16N2O3. The van der Waals surface area contributed by atoms with E-state index in [2.05, 4.69) is 10.6 Å². The van der Waals surface area contributed by atoms with Crippen molar-refractivity contribution < 1.29 is 14.3 Å². The second-order valence-electron chi connectivity index (χ2n) is 3.00. The number of nitrogens with one attached hydrogen (secondary N) is 2. The Morgan fingerprint density at radius 1 is 1.54 bits per heavy atom. The first-order valence-electron chi connectivity index (χ1n) is 4.32. The molecule has 0 aromatic carbocycles. The van der Waals surface area contributed by atoms with Gasteiger partial charge in [-0.15, -0.1) is 0 Å². The Morgan fingerprint density at radius 2 is 2.15 bits per heavy atom. The third-order valence-corrected chi connectivity index (χ3v) is 2.12. The quantitative estimate of drug-likeness (QED) is 0.540. The van der Waals surface area contributed by atoms with Crippen molar-refractivity contribution in [2.75, 3.05) is 33.9 Å². The van der Waals surface area contributed by atoms with Crippen LogP contribution in [0.15, 0.2) is 0 Å². The number of carbonyl (C=O) groups excluding carboxylic acids is 1. The van der Waals surface area contributed by atoms with Crippen molar-refractivity contribution in [3.8, 4) is 0 Å². The zero-order valence-corrected chi connectivity index (χ0v) is 8.00. The van der Waals surface area contributed by atoms with E-state index in [-0.39, 0.29) is 18.1 Å². The number of hydrogen-bond donors (Lipinski definition) is 2. The Morgan fingerprint density at radius 3 is 2.54 bits per heavy atom. The number of amides is 1. The van der Waals surface area contributed by atoms with Crippen LogP contribution < -0.4 is 10.6 Å². The van der Waals surface area contributed by atoms with E-state index >= 15 is 0 Å². The van der Waals surface area contributed by atoms with Crippen molar-refractivity contribution in [2.24, 2.45) is 5.92 Å². The van der Waals surface area contributed by atoms with E-state index in [1.807, 2.05) is 0 Å². The molecule has 76 valence electrons. The Hall–Kier alpha value is -0.650. The second-order valence-corrected chi connectivity index (χ2v) is 3.00. The maximum Gasteiger partial charge on any atom is 0.225 e. The van der Waals surface area contributed by atoms with Crippen LogP contribution in [0, 0.1) is 5.92 Å². The van der Waals surface area contributed by atoms with Gasteiger partial charge in [-0.1, -0.05) is 0 Å². The molecule has 1 rings (SSSR count). The van der Waals surface area contributed by atoms with E-state index < -0.39 is 0 Å². The van der Waals surface area contributed by atoms with E-state index in [9.17, 15) is 4.79 Å². The van der Waals surface area contributed by atoms with Gasteiger partial charge in [-0.25, -0.2) is 0 Å². The monoisotopic (exact) mass is 188 g/mol. The summed E-state index contributed by atoms with van der Waals surface area (Å²) in [5, 5.41) is 5.79. The Balaban J connectivity index is 2.12. The minimum Gasteiger partial charge on any atom is -0.354 e. The van der Waals surface area contributed by atoms with Crippen LogP contribution in [-0.4, -0.2) is 46.1 Å². The maximum atomic E-state index is 11.3. The number of carbonyl (C=O) groups is 1. The molecule has 2 N–H and O–H groups in total. The highest BCUT2D eigenvalue weighted by Crippen LogP contribution is 2.02. The summed E-state index contributed by atoms with van der Waals surface area (Å²) in [4.78, 5) is 11.3. The van der Waals surface area contributed by atoms with E-state index in [1.54, 1.807) is 14.2 Å². The van der Waals surface area contributed by atoms with Gasteiger partial charge in [0.2, 0.25) is 5.91 Å². The summed E-state index contributed by atoms with van der Waals surface area (Å²) in [6.45, 7) is 1.95. The van der Waals surface area contributed by atoms with Crippen molar-refractivity contribution in [1.82, 2.24) is 10.6 Å². The molecule has 5 heteroatoms. The van der Waals surface area contributed by atoms with E-state index in [0.29, 0.717) is 6.54 Å². The highest BCUT2D eigenvalue weighted by atomic mass is 16.7. The van der Waals surface area contributed by atoms with Crippen molar-refractivity contribution >= 4 is 5.91 Å². The van der Waals surface area contributed by atoms with Gasteiger partial charge in [-0.05, 0) is 0 Å². The Labute approximate surface area is 77.8 Å². The average Bonchev–Trinajstić information content (AvgIpc) is 2.03. The van der Waals surface area contributed by atoms with Crippen LogP contribution in [0.5, 0.6) is 0 Å². The molecule has 0 unspecified atom stereocenters. The zero-order chi connectivity index (χ0) is 9.68. The molecule has 5 nitrogen and oxygen atoms in total. The minimum atomic E-state index is -0.350.